The zero-order chi connectivity index (χ0) is 19.6. The van der Waals surface area contributed by atoms with E-state index in [1.54, 1.807) is 12.1 Å². The van der Waals surface area contributed by atoms with Crippen molar-refractivity contribution in [1.82, 2.24) is 0 Å². The number of hydrogen-bond donors (Lipinski definition) is 0. The quantitative estimate of drug-likeness (QED) is 0.296. The van der Waals surface area contributed by atoms with Crippen LogP contribution in [0, 0.1) is 29.5 Å². The van der Waals surface area contributed by atoms with Gasteiger partial charge in [-0.1, -0.05) is 56.9 Å². The van der Waals surface area contributed by atoms with Crippen LogP contribution in [0.1, 0.15) is 96.0 Å². The van der Waals surface area contributed by atoms with E-state index in [0.29, 0.717) is 0 Å². The van der Waals surface area contributed by atoms with Crippen molar-refractivity contribution in [2.45, 2.75) is 96.8 Å². The summed E-state index contributed by atoms with van der Waals surface area (Å²) < 4.78 is 13.0. The molecule has 1 heteroatoms. The molecule has 0 spiro atoms. The largest absolute Gasteiger partial charge is 0.207 e. The molecule has 0 bridgehead atoms. The van der Waals surface area contributed by atoms with Crippen molar-refractivity contribution >= 4 is 0 Å². The van der Waals surface area contributed by atoms with Gasteiger partial charge in [0.05, 0.1) is 0 Å². The van der Waals surface area contributed by atoms with Crippen molar-refractivity contribution in [2.75, 3.05) is 0 Å². The Balaban J connectivity index is 1.29. The van der Waals surface area contributed by atoms with E-state index in [9.17, 15) is 4.39 Å². The van der Waals surface area contributed by atoms with Crippen LogP contribution in [0.2, 0.25) is 0 Å². The molecule has 0 saturated heterocycles. The molecular formula is C27H41F. The maximum atomic E-state index is 13.0. The fourth-order valence-electron chi connectivity index (χ4n) is 5.36. The molecule has 2 aliphatic rings. The molecule has 156 valence electrons. The fraction of sp³-hybridized carbons (Fsp3) is 0.704. The first-order valence-corrected chi connectivity index (χ1v) is 12.2. The van der Waals surface area contributed by atoms with Gasteiger partial charge in [0.1, 0.15) is 5.82 Å². The monoisotopic (exact) mass is 384 g/mol. The van der Waals surface area contributed by atoms with Crippen LogP contribution < -0.4 is 0 Å². The SMILES string of the molecule is CCCCC[C@H]1CC[C@H](C=C[C@H]2CC[C@H](CCc3ccc(F)cc3)CC2)CC1. The van der Waals surface area contributed by atoms with Crippen LogP contribution in [-0.2, 0) is 6.42 Å². The van der Waals surface area contributed by atoms with Gasteiger partial charge in [-0.05, 0) is 106 Å². The van der Waals surface area contributed by atoms with Crippen molar-refractivity contribution < 1.29 is 4.39 Å². The Morgan fingerprint density at radius 2 is 1.29 bits per heavy atom. The van der Waals surface area contributed by atoms with Crippen LogP contribution >= 0.6 is 0 Å². The molecule has 0 amide bonds. The molecule has 2 aliphatic carbocycles. The lowest BCUT2D eigenvalue weighted by Crippen LogP contribution is -2.15. The standard InChI is InChI=1S/C27H41F/c1-2-3-4-5-22-6-8-23(9-7-22)10-11-24-12-14-25(15-13-24)16-17-26-18-20-27(28)21-19-26/h10-11,18-25H,2-9,12-17H2,1H3/t22-,23-,24-,25-. The van der Waals surface area contributed by atoms with E-state index in [1.165, 1.54) is 89.0 Å². The second-order valence-corrected chi connectivity index (χ2v) is 9.61. The van der Waals surface area contributed by atoms with Gasteiger partial charge in [-0.3, -0.25) is 0 Å². The molecule has 0 nitrogen and oxygen atoms in total. The first kappa shape index (κ1) is 21.6. The van der Waals surface area contributed by atoms with Crippen LogP contribution in [0.5, 0.6) is 0 Å². The summed E-state index contributed by atoms with van der Waals surface area (Å²) in [6, 6.07) is 7.08. The van der Waals surface area contributed by atoms with Crippen LogP contribution in [0.25, 0.3) is 0 Å². The predicted molar refractivity (Wildman–Crippen MR) is 119 cm³/mol. The summed E-state index contributed by atoms with van der Waals surface area (Å²) >= 11 is 0. The fourth-order valence-corrected chi connectivity index (χ4v) is 5.36. The summed E-state index contributed by atoms with van der Waals surface area (Å²) in [6.07, 6.45) is 24.5. The minimum absolute atomic E-state index is 0.124. The molecule has 0 N–H and O–H groups in total. The van der Waals surface area contributed by atoms with Crippen LogP contribution in [0.15, 0.2) is 36.4 Å². The average molecular weight is 385 g/mol. The van der Waals surface area contributed by atoms with Gasteiger partial charge in [0.25, 0.3) is 0 Å². The highest BCUT2D eigenvalue weighted by atomic mass is 19.1. The Morgan fingerprint density at radius 1 is 0.750 bits per heavy atom. The highest BCUT2D eigenvalue weighted by Gasteiger charge is 2.21. The maximum Gasteiger partial charge on any atom is 0.123 e. The van der Waals surface area contributed by atoms with Gasteiger partial charge in [0.2, 0.25) is 0 Å². The number of benzene rings is 1. The Morgan fingerprint density at radius 3 is 1.82 bits per heavy atom. The lowest BCUT2D eigenvalue weighted by Gasteiger charge is -2.29. The second-order valence-electron chi connectivity index (χ2n) is 9.61. The molecule has 1 aromatic carbocycles. The minimum Gasteiger partial charge on any atom is -0.207 e. The topological polar surface area (TPSA) is 0 Å². The zero-order valence-electron chi connectivity index (χ0n) is 18.1. The van der Waals surface area contributed by atoms with Crippen molar-refractivity contribution in [2.24, 2.45) is 23.7 Å². The number of halogens is 1. The number of aryl methyl sites for hydroxylation is 1. The van der Waals surface area contributed by atoms with Crippen LogP contribution in [0.3, 0.4) is 0 Å². The Bertz CT molecular complexity index is 556. The molecule has 0 aliphatic heterocycles. The van der Waals surface area contributed by atoms with Gasteiger partial charge in [-0.15, -0.1) is 0 Å². The second kappa shape index (κ2) is 11.8. The van der Waals surface area contributed by atoms with Gasteiger partial charge >= 0.3 is 0 Å². The van der Waals surface area contributed by atoms with Crippen molar-refractivity contribution in [3.8, 4) is 0 Å². The third-order valence-corrected chi connectivity index (χ3v) is 7.41. The third kappa shape index (κ3) is 7.37. The summed E-state index contributed by atoms with van der Waals surface area (Å²) in [6.45, 7) is 2.31. The van der Waals surface area contributed by atoms with E-state index in [4.69, 9.17) is 0 Å². The molecule has 0 heterocycles. The zero-order valence-corrected chi connectivity index (χ0v) is 18.1. The molecule has 0 unspecified atom stereocenters. The maximum absolute atomic E-state index is 13.0. The summed E-state index contributed by atoms with van der Waals surface area (Å²) in [7, 11) is 0. The summed E-state index contributed by atoms with van der Waals surface area (Å²) in [5, 5.41) is 0. The number of hydrogen-bond acceptors (Lipinski definition) is 0. The smallest absolute Gasteiger partial charge is 0.123 e. The van der Waals surface area contributed by atoms with Crippen molar-refractivity contribution in [3.63, 3.8) is 0 Å². The minimum atomic E-state index is -0.124. The lowest BCUT2D eigenvalue weighted by atomic mass is 9.77. The molecule has 0 atom stereocenters. The third-order valence-electron chi connectivity index (χ3n) is 7.41. The molecule has 2 saturated carbocycles. The summed E-state index contributed by atoms with van der Waals surface area (Å²) in [4.78, 5) is 0. The number of allylic oxidation sites excluding steroid dienone is 2. The van der Waals surface area contributed by atoms with Crippen molar-refractivity contribution in [3.05, 3.63) is 47.8 Å². The highest BCUT2D eigenvalue weighted by molar-refractivity contribution is 5.16. The Labute approximate surface area is 173 Å². The first-order valence-electron chi connectivity index (χ1n) is 12.2. The number of rotatable bonds is 9. The molecule has 1 aromatic rings. The molecule has 3 rings (SSSR count). The normalized spacial score (nSPS) is 28.6. The Hall–Kier alpha value is -1.11. The van der Waals surface area contributed by atoms with E-state index in [2.05, 4.69) is 19.1 Å². The average Bonchev–Trinajstić information content (AvgIpc) is 2.74. The van der Waals surface area contributed by atoms with Gasteiger partial charge in [0, 0.05) is 0 Å². The van der Waals surface area contributed by atoms with Crippen LogP contribution in [-0.4, -0.2) is 0 Å². The van der Waals surface area contributed by atoms with Crippen molar-refractivity contribution in [1.29, 1.82) is 0 Å². The van der Waals surface area contributed by atoms with E-state index < -0.39 is 0 Å². The molecule has 0 radical (unpaired) electrons. The predicted octanol–water partition coefficient (Wildman–Crippen LogP) is 8.51. The Kier molecular flexibility index (Phi) is 9.09. The van der Waals surface area contributed by atoms with E-state index in [1.807, 2.05) is 12.1 Å². The first-order chi connectivity index (χ1) is 13.7. The molecule has 28 heavy (non-hydrogen) atoms. The van der Waals surface area contributed by atoms with Gasteiger partial charge in [0.15, 0.2) is 0 Å². The number of unbranched alkanes of at least 4 members (excludes halogenated alkanes) is 2. The van der Waals surface area contributed by atoms with Gasteiger partial charge in [-0.2, -0.15) is 0 Å². The van der Waals surface area contributed by atoms with Gasteiger partial charge < -0.3 is 0 Å². The summed E-state index contributed by atoms with van der Waals surface area (Å²) in [5.41, 5.74) is 1.29. The lowest BCUT2D eigenvalue weighted by molar-refractivity contribution is 0.282. The molecule has 0 aromatic heterocycles. The van der Waals surface area contributed by atoms with Crippen LogP contribution in [0.4, 0.5) is 4.39 Å². The molecular weight excluding hydrogens is 343 g/mol. The van der Waals surface area contributed by atoms with E-state index in [0.717, 1.165) is 30.1 Å². The van der Waals surface area contributed by atoms with Gasteiger partial charge in [-0.25, -0.2) is 4.39 Å². The summed E-state index contributed by atoms with van der Waals surface area (Å²) in [5.74, 6) is 3.45. The van der Waals surface area contributed by atoms with E-state index >= 15 is 0 Å². The highest BCUT2D eigenvalue weighted by Crippen LogP contribution is 2.35. The molecule has 2 fully saturated rings. The van der Waals surface area contributed by atoms with E-state index in [-0.39, 0.29) is 5.82 Å².